The molecular weight excluding hydrogens is 369 g/mol. The smallest absolute Gasteiger partial charge is 0.248 e. The maximum absolute atomic E-state index is 12.7. The van der Waals surface area contributed by atoms with Gasteiger partial charge in [0.1, 0.15) is 6.04 Å². The Labute approximate surface area is 153 Å². The van der Waals surface area contributed by atoms with Gasteiger partial charge in [-0.3, -0.25) is 9.59 Å². The van der Waals surface area contributed by atoms with Crippen LogP contribution < -0.4 is 5.32 Å². The molecule has 1 aromatic carbocycles. The minimum absolute atomic E-state index is 0.0829. The number of nitrogens with one attached hydrogen (secondary N) is 1. The maximum atomic E-state index is 12.7. The first kappa shape index (κ1) is 17.2. The van der Waals surface area contributed by atoms with Crippen LogP contribution in [0.15, 0.2) is 29.8 Å². The first-order valence-electron chi connectivity index (χ1n) is 7.49. The Balaban J connectivity index is 1.70. The molecule has 126 valence electrons. The summed E-state index contributed by atoms with van der Waals surface area (Å²) in [6, 6.07) is 4.65. The fraction of sp³-hybridized carbons (Fsp3) is 0.312. The Morgan fingerprint density at radius 3 is 2.75 bits per heavy atom. The van der Waals surface area contributed by atoms with Crippen LogP contribution in [0.25, 0.3) is 0 Å². The van der Waals surface area contributed by atoms with Crippen molar-refractivity contribution < 1.29 is 9.59 Å². The normalized spacial score (nSPS) is 17.1. The van der Waals surface area contributed by atoms with Gasteiger partial charge in [-0.1, -0.05) is 29.3 Å². The Hall–Kier alpha value is -1.63. The van der Waals surface area contributed by atoms with E-state index in [-0.39, 0.29) is 18.2 Å². The molecule has 2 amide bonds. The van der Waals surface area contributed by atoms with Crippen LogP contribution in [-0.2, 0) is 16.0 Å². The van der Waals surface area contributed by atoms with Crippen LogP contribution >= 0.6 is 34.5 Å². The lowest BCUT2D eigenvalue weighted by molar-refractivity contribution is -0.136. The van der Waals surface area contributed by atoms with Crippen LogP contribution in [0.2, 0.25) is 10.0 Å². The highest BCUT2D eigenvalue weighted by Crippen LogP contribution is 2.27. The van der Waals surface area contributed by atoms with Gasteiger partial charge in [0, 0.05) is 28.2 Å². The molecule has 1 unspecified atom stereocenters. The second kappa shape index (κ2) is 7.51. The standard InChI is InChI=1S/C16H15Cl2N3O2S/c17-11-3-1-4-12(18)10(11)9-14(22)21-7-2-5-13(21)15(23)20-16-19-6-8-24-16/h1,3-4,6,8,13H,2,5,7,9H2,(H,19,20,23). The molecule has 8 heteroatoms. The average molecular weight is 384 g/mol. The van der Waals surface area contributed by atoms with Crippen LogP contribution in [0.1, 0.15) is 18.4 Å². The van der Waals surface area contributed by atoms with Crippen molar-refractivity contribution >= 4 is 51.5 Å². The second-order valence-electron chi connectivity index (χ2n) is 5.45. The summed E-state index contributed by atoms with van der Waals surface area (Å²) in [5, 5.41) is 5.99. The molecule has 1 N–H and O–H groups in total. The largest absolute Gasteiger partial charge is 0.330 e. The summed E-state index contributed by atoms with van der Waals surface area (Å²) in [5.41, 5.74) is 0.594. The fourth-order valence-corrected chi connectivity index (χ4v) is 3.83. The van der Waals surface area contributed by atoms with E-state index >= 15 is 0 Å². The third-order valence-corrected chi connectivity index (χ3v) is 5.32. The minimum Gasteiger partial charge on any atom is -0.330 e. The molecule has 1 atom stereocenters. The topological polar surface area (TPSA) is 62.3 Å². The molecule has 0 aliphatic carbocycles. The lowest BCUT2D eigenvalue weighted by Gasteiger charge is -2.24. The Morgan fingerprint density at radius 1 is 1.33 bits per heavy atom. The monoisotopic (exact) mass is 383 g/mol. The van der Waals surface area contributed by atoms with Gasteiger partial charge in [0.15, 0.2) is 5.13 Å². The van der Waals surface area contributed by atoms with E-state index in [4.69, 9.17) is 23.2 Å². The molecule has 5 nitrogen and oxygen atoms in total. The van der Waals surface area contributed by atoms with Gasteiger partial charge in [0.05, 0.1) is 6.42 Å². The highest BCUT2D eigenvalue weighted by molar-refractivity contribution is 7.13. The number of benzene rings is 1. The van der Waals surface area contributed by atoms with Gasteiger partial charge >= 0.3 is 0 Å². The number of nitrogens with zero attached hydrogens (tertiary/aromatic N) is 2. The number of hydrogen-bond donors (Lipinski definition) is 1. The number of anilines is 1. The molecule has 1 fully saturated rings. The highest BCUT2D eigenvalue weighted by atomic mass is 35.5. The molecule has 1 aromatic heterocycles. The third-order valence-electron chi connectivity index (χ3n) is 3.93. The van der Waals surface area contributed by atoms with Crippen molar-refractivity contribution in [1.82, 2.24) is 9.88 Å². The lowest BCUT2D eigenvalue weighted by atomic mass is 10.1. The number of likely N-dealkylation sites (tertiary alicyclic amines) is 1. The lowest BCUT2D eigenvalue weighted by Crippen LogP contribution is -2.43. The van der Waals surface area contributed by atoms with Crippen LogP contribution in [0, 0.1) is 0 Å². The molecule has 1 aliphatic rings. The van der Waals surface area contributed by atoms with E-state index in [2.05, 4.69) is 10.3 Å². The van der Waals surface area contributed by atoms with Crippen molar-refractivity contribution in [1.29, 1.82) is 0 Å². The van der Waals surface area contributed by atoms with E-state index in [0.717, 1.165) is 6.42 Å². The van der Waals surface area contributed by atoms with E-state index in [0.29, 0.717) is 33.7 Å². The molecule has 1 saturated heterocycles. The van der Waals surface area contributed by atoms with Gasteiger partial charge in [-0.25, -0.2) is 4.98 Å². The molecule has 0 bridgehead atoms. The van der Waals surface area contributed by atoms with Crippen molar-refractivity contribution in [2.75, 3.05) is 11.9 Å². The van der Waals surface area contributed by atoms with Gasteiger partial charge in [0.25, 0.3) is 0 Å². The number of aromatic nitrogens is 1. The summed E-state index contributed by atoms with van der Waals surface area (Å²) >= 11 is 13.6. The van der Waals surface area contributed by atoms with Crippen molar-refractivity contribution in [3.05, 3.63) is 45.4 Å². The average Bonchev–Trinajstić information content (AvgIpc) is 3.22. The predicted molar refractivity (Wildman–Crippen MR) is 95.6 cm³/mol. The number of rotatable bonds is 4. The third kappa shape index (κ3) is 3.71. The molecule has 0 radical (unpaired) electrons. The molecule has 2 heterocycles. The van der Waals surface area contributed by atoms with Crippen molar-refractivity contribution in [2.24, 2.45) is 0 Å². The Kier molecular flexibility index (Phi) is 5.38. The summed E-state index contributed by atoms with van der Waals surface area (Å²) in [7, 11) is 0. The molecule has 1 aliphatic heterocycles. The Morgan fingerprint density at radius 2 is 2.08 bits per heavy atom. The number of hydrogen-bond acceptors (Lipinski definition) is 4. The van der Waals surface area contributed by atoms with E-state index in [1.54, 1.807) is 34.7 Å². The molecule has 0 saturated carbocycles. The zero-order valence-electron chi connectivity index (χ0n) is 12.7. The van der Waals surface area contributed by atoms with Crippen LogP contribution in [0.5, 0.6) is 0 Å². The molecule has 24 heavy (non-hydrogen) atoms. The van der Waals surface area contributed by atoms with E-state index in [1.165, 1.54) is 11.3 Å². The second-order valence-corrected chi connectivity index (χ2v) is 7.16. The van der Waals surface area contributed by atoms with Crippen LogP contribution in [0.4, 0.5) is 5.13 Å². The zero-order chi connectivity index (χ0) is 17.1. The van der Waals surface area contributed by atoms with Gasteiger partial charge in [-0.05, 0) is 30.5 Å². The summed E-state index contributed by atoms with van der Waals surface area (Å²) in [6.07, 6.45) is 3.13. The van der Waals surface area contributed by atoms with Gasteiger partial charge < -0.3 is 10.2 Å². The van der Waals surface area contributed by atoms with E-state index < -0.39 is 6.04 Å². The van der Waals surface area contributed by atoms with Crippen molar-refractivity contribution in [2.45, 2.75) is 25.3 Å². The summed E-state index contributed by atoms with van der Waals surface area (Å²) < 4.78 is 0. The number of carbonyl (C=O) groups excluding carboxylic acids is 2. The summed E-state index contributed by atoms with van der Waals surface area (Å²) in [5.74, 6) is -0.358. The maximum Gasteiger partial charge on any atom is 0.248 e. The molecule has 3 rings (SSSR count). The van der Waals surface area contributed by atoms with Gasteiger partial charge in [0.2, 0.25) is 11.8 Å². The quantitative estimate of drug-likeness (QED) is 0.876. The number of carbonyl (C=O) groups is 2. The van der Waals surface area contributed by atoms with E-state index in [9.17, 15) is 9.59 Å². The number of halogens is 2. The molecule has 2 aromatic rings. The van der Waals surface area contributed by atoms with Gasteiger partial charge in [-0.2, -0.15) is 0 Å². The van der Waals surface area contributed by atoms with E-state index in [1.807, 2.05) is 0 Å². The SMILES string of the molecule is O=C(Nc1nccs1)C1CCCN1C(=O)Cc1c(Cl)cccc1Cl. The minimum atomic E-state index is -0.484. The van der Waals surface area contributed by atoms with Crippen LogP contribution in [0.3, 0.4) is 0 Å². The molecular formula is C16H15Cl2N3O2S. The van der Waals surface area contributed by atoms with Crippen molar-refractivity contribution in [3.8, 4) is 0 Å². The van der Waals surface area contributed by atoms with Gasteiger partial charge in [-0.15, -0.1) is 11.3 Å². The van der Waals surface area contributed by atoms with Crippen LogP contribution in [-0.4, -0.2) is 34.3 Å². The Bertz CT molecular complexity index is 732. The molecule has 0 spiro atoms. The summed E-state index contributed by atoms with van der Waals surface area (Å²) in [4.78, 5) is 30.7. The number of thiazole rings is 1. The van der Waals surface area contributed by atoms with Crippen molar-refractivity contribution in [3.63, 3.8) is 0 Å². The summed E-state index contributed by atoms with van der Waals surface area (Å²) in [6.45, 7) is 0.552. The first-order valence-corrected chi connectivity index (χ1v) is 9.12. The fourth-order valence-electron chi connectivity index (χ4n) is 2.77. The number of amides is 2. The highest BCUT2D eigenvalue weighted by Gasteiger charge is 2.34. The first-order chi connectivity index (χ1) is 11.6. The zero-order valence-corrected chi connectivity index (χ0v) is 15.0. The predicted octanol–water partition coefficient (Wildman–Crippen LogP) is 3.62.